The first-order valence-electron chi connectivity index (χ1n) is 9.19. The molecule has 1 fully saturated rings. The van der Waals surface area contributed by atoms with Gasteiger partial charge in [0.05, 0.1) is 6.61 Å². The quantitative estimate of drug-likeness (QED) is 0.740. The van der Waals surface area contributed by atoms with Crippen molar-refractivity contribution in [3.05, 3.63) is 65.7 Å². The van der Waals surface area contributed by atoms with Crippen LogP contribution in [-0.2, 0) is 16.1 Å². The lowest BCUT2D eigenvalue weighted by Crippen LogP contribution is -2.38. The molecule has 0 spiro atoms. The Kier molecular flexibility index (Phi) is 5.71. The van der Waals surface area contributed by atoms with Crippen LogP contribution in [0.5, 0.6) is 5.75 Å². The average Bonchev–Trinajstić information content (AvgIpc) is 3.45. The SMILES string of the molecule is CC(C)(C)[C@@H](c1ccc(OCc2ccccc2)cc1)C(OC(N)=O)[C@H]1CO1. The van der Waals surface area contributed by atoms with Crippen molar-refractivity contribution >= 4 is 6.09 Å². The molecule has 3 atom stereocenters. The van der Waals surface area contributed by atoms with Gasteiger partial charge in [0.15, 0.2) is 0 Å². The molecule has 0 aliphatic carbocycles. The third-order valence-corrected chi connectivity index (χ3v) is 4.73. The monoisotopic (exact) mass is 369 g/mol. The maximum Gasteiger partial charge on any atom is 0.404 e. The summed E-state index contributed by atoms with van der Waals surface area (Å²) in [5.41, 5.74) is 7.35. The molecule has 1 aliphatic heterocycles. The van der Waals surface area contributed by atoms with Crippen molar-refractivity contribution in [1.82, 2.24) is 0 Å². The van der Waals surface area contributed by atoms with Gasteiger partial charge in [-0.05, 0) is 28.7 Å². The van der Waals surface area contributed by atoms with E-state index in [1.165, 1.54) is 0 Å². The van der Waals surface area contributed by atoms with Crippen LogP contribution in [0.1, 0.15) is 37.8 Å². The maximum atomic E-state index is 11.4. The molecule has 1 aliphatic rings. The van der Waals surface area contributed by atoms with E-state index in [0.29, 0.717) is 13.2 Å². The molecule has 2 N–H and O–H groups in total. The summed E-state index contributed by atoms with van der Waals surface area (Å²) in [6.07, 6.45) is -1.28. The van der Waals surface area contributed by atoms with Gasteiger partial charge in [-0.15, -0.1) is 0 Å². The zero-order valence-corrected chi connectivity index (χ0v) is 16.1. The van der Waals surface area contributed by atoms with Gasteiger partial charge in [-0.25, -0.2) is 4.79 Å². The van der Waals surface area contributed by atoms with Crippen LogP contribution < -0.4 is 10.5 Å². The van der Waals surface area contributed by atoms with Crippen LogP contribution in [0, 0.1) is 5.41 Å². The van der Waals surface area contributed by atoms with Crippen LogP contribution in [0.25, 0.3) is 0 Å². The molecule has 1 unspecified atom stereocenters. The number of primary amides is 1. The number of benzene rings is 2. The van der Waals surface area contributed by atoms with E-state index in [1.54, 1.807) is 0 Å². The van der Waals surface area contributed by atoms with Crippen LogP contribution in [0.3, 0.4) is 0 Å². The maximum absolute atomic E-state index is 11.4. The smallest absolute Gasteiger partial charge is 0.404 e. The minimum absolute atomic E-state index is 0.0410. The lowest BCUT2D eigenvalue weighted by Gasteiger charge is -2.36. The highest BCUT2D eigenvalue weighted by molar-refractivity contribution is 5.65. The number of ether oxygens (including phenoxy) is 3. The van der Waals surface area contributed by atoms with Crippen LogP contribution in [0.15, 0.2) is 54.6 Å². The van der Waals surface area contributed by atoms with E-state index in [9.17, 15) is 4.79 Å². The van der Waals surface area contributed by atoms with Crippen molar-refractivity contribution < 1.29 is 19.0 Å². The Balaban J connectivity index is 1.75. The Bertz CT molecular complexity index is 748. The van der Waals surface area contributed by atoms with Gasteiger partial charge in [-0.2, -0.15) is 0 Å². The summed E-state index contributed by atoms with van der Waals surface area (Å²) in [7, 11) is 0. The molecule has 27 heavy (non-hydrogen) atoms. The van der Waals surface area contributed by atoms with Gasteiger partial charge < -0.3 is 19.9 Å². The van der Waals surface area contributed by atoms with Gasteiger partial charge in [0.1, 0.15) is 24.6 Å². The second-order valence-corrected chi connectivity index (χ2v) is 7.96. The Morgan fingerprint density at radius 2 is 1.78 bits per heavy atom. The second kappa shape index (κ2) is 8.01. The second-order valence-electron chi connectivity index (χ2n) is 7.96. The number of amides is 1. The normalized spacial score (nSPS) is 18.4. The third-order valence-electron chi connectivity index (χ3n) is 4.73. The number of hydrogen-bond donors (Lipinski definition) is 1. The molecule has 0 radical (unpaired) electrons. The molecular formula is C22H27NO4. The standard InChI is InChI=1S/C22H27NO4/c1-22(2,3)19(20(18-14-26-18)27-21(23)24)16-9-11-17(12-10-16)25-13-15-7-5-4-6-8-15/h4-12,18-20H,13-14H2,1-3H3,(H2,23,24)/t18-,19+,20?/m1/s1. The first kappa shape index (κ1) is 19.2. The van der Waals surface area contributed by atoms with E-state index in [1.807, 2.05) is 54.6 Å². The number of hydrogen-bond acceptors (Lipinski definition) is 4. The van der Waals surface area contributed by atoms with Crippen LogP contribution in [0.2, 0.25) is 0 Å². The Morgan fingerprint density at radius 1 is 1.15 bits per heavy atom. The van der Waals surface area contributed by atoms with Crippen molar-refractivity contribution in [3.63, 3.8) is 0 Å². The first-order valence-corrected chi connectivity index (χ1v) is 9.19. The zero-order valence-electron chi connectivity index (χ0n) is 16.1. The van der Waals surface area contributed by atoms with E-state index in [-0.39, 0.29) is 17.4 Å². The highest BCUT2D eigenvalue weighted by atomic mass is 16.6. The van der Waals surface area contributed by atoms with Crippen LogP contribution in [-0.4, -0.2) is 24.9 Å². The van der Waals surface area contributed by atoms with Crippen molar-refractivity contribution in [2.45, 2.75) is 45.5 Å². The molecule has 1 heterocycles. The fraction of sp³-hybridized carbons (Fsp3) is 0.409. The summed E-state index contributed by atoms with van der Waals surface area (Å²) in [6, 6.07) is 18.0. The predicted octanol–water partition coefficient (Wildman–Crippen LogP) is 4.26. The summed E-state index contributed by atoms with van der Waals surface area (Å²) >= 11 is 0. The van der Waals surface area contributed by atoms with Gasteiger partial charge >= 0.3 is 6.09 Å². The van der Waals surface area contributed by atoms with Gasteiger partial charge in [0, 0.05) is 5.92 Å². The molecule has 5 heteroatoms. The van der Waals surface area contributed by atoms with Crippen molar-refractivity contribution in [3.8, 4) is 5.75 Å². The number of carbonyl (C=O) groups is 1. The Hall–Kier alpha value is -2.53. The van der Waals surface area contributed by atoms with Crippen LogP contribution >= 0.6 is 0 Å². The Labute approximate surface area is 160 Å². The highest BCUT2D eigenvalue weighted by Gasteiger charge is 2.46. The van der Waals surface area contributed by atoms with Gasteiger partial charge in [0.2, 0.25) is 0 Å². The fourth-order valence-corrected chi connectivity index (χ4v) is 3.43. The summed E-state index contributed by atoms with van der Waals surface area (Å²) in [6.45, 7) is 7.47. The van der Waals surface area contributed by atoms with Crippen molar-refractivity contribution in [2.75, 3.05) is 6.61 Å². The lowest BCUT2D eigenvalue weighted by molar-refractivity contribution is 0.0400. The van der Waals surface area contributed by atoms with Crippen molar-refractivity contribution in [1.29, 1.82) is 0 Å². The molecule has 1 amide bonds. The topological polar surface area (TPSA) is 74.1 Å². The van der Waals surface area contributed by atoms with Gasteiger partial charge in [-0.1, -0.05) is 63.2 Å². The predicted molar refractivity (Wildman–Crippen MR) is 104 cm³/mol. The number of carbonyl (C=O) groups excluding carboxylic acids is 1. The Morgan fingerprint density at radius 3 is 2.30 bits per heavy atom. The molecule has 2 aromatic rings. The number of rotatable bonds is 7. The zero-order chi connectivity index (χ0) is 19.4. The lowest BCUT2D eigenvalue weighted by atomic mass is 9.72. The summed E-state index contributed by atoms with van der Waals surface area (Å²) in [4.78, 5) is 11.4. The molecule has 0 bridgehead atoms. The van der Waals surface area contributed by atoms with Gasteiger partial charge in [0.25, 0.3) is 0 Å². The van der Waals surface area contributed by atoms with E-state index in [2.05, 4.69) is 20.8 Å². The molecule has 5 nitrogen and oxygen atoms in total. The van der Waals surface area contributed by atoms with Gasteiger partial charge in [-0.3, -0.25) is 0 Å². The average molecular weight is 369 g/mol. The molecule has 1 saturated heterocycles. The molecule has 3 rings (SSSR count). The number of epoxide rings is 1. The summed E-state index contributed by atoms with van der Waals surface area (Å²) in [5.74, 6) is 0.756. The minimum Gasteiger partial charge on any atom is -0.489 e. The van der Waals surface area contributed by atoms with E-state index < -0.39 is 12.2 Å². The highest BCUT2D eigenvalue weighted by Crippen LogP contribution is 2.43. The summed E-state index contributed by atoms with van der Waals surface area (Å²) in [5, 5.41) is 0. The van der Waals surface area contributed by atoms with E-state index in [0.717, 1.165) is 16.9 Å². The molecule has 2 aromatic carbocycles. The first-order chi connectivity index (χ1) is 12.8. The molecule has 0 saturated carbocycles. The van der Waals surface area contributed by atoms with Crippen LogP contribution in [0.4, 0.5) is 4.79 Å². The largest absolute Gasteiger partial charge is 0.489 e. The molecular weight excluding hydrogens is 342 g/mol. The fourth-order valence-electron chi connectivity index (χ4n) is 3.43. The van der Waals surface area contributed by atoms with Crippen molar-refractivity contribution in [2.24, 2.45) is 11.1 Å². The van der Waals surface area contributed by atoms with E-state index in [4.69, 9.17) is 19.9 Å². The summed E-state index contributed by atoms with van der Waals surface area (Å²) < 4.78 is 16.7. The number of nitrogens with two attached hydrogens (primary N) is 1. The third kappa shape index (κ3) is 5.23. The van der Waals surface area contributed by atoms with E-state index >= 15 is 0 Å². The minimum atomic E-state index is -0.771. The molecule has 0 aromatic heterocycles. The molecule has 144 valence electrons.